The molecule has 108 valence electrons. The minimum Gasteiger partial charge on any atom is -0.482 e. The van der Waals surface area contributed by atoms with Gasteiger partial charge in [0, 0.05) is 18.7 Å². The van der Waals surface area contributed by atoms with Gasteiger partial charge in [-0.2, -0.15) is 0 Å². The Balaban J connectivity index is 2.05. The molecule has 0 saturated carbocycles. The highest BCUT2D eigenvalue weighted by molar-refractivity contribution is 5.94. The Bertz CT molecular complexity index is 500. The van der Waals surface area contributed by atoms with E-state index < -0.39 is 12.6 Å². The third kappa shape index (κ3) is 3.73. The van der Waals surface area contributed by atoms with Gasteiger partial charge in [-0.05, 0) is 37.0 Å². The number of nitrogens with zero attached hydrogens (tertiary/aromatic N) is 1. The van der Waals surface area contributed by atoms with Crippen molar-refractivity contribution >= 4 is 11.9 Å². The van der Waals surface area contributed by atoms with Gasteiger partial charge in [0.2, 0.25) is 0 Å². The van der Waals surface area contributed by atoms with Gasteiger partial charge in [0.05, 0.1) is 0 Å². The number of hydrogen-bond donors (Lipinski definition) is 1. The van der Waals surface area contributed by atoms with Crippen molar-refractivity contribution in [2.45, 2.75) is 19.8 Å². The Hall–Kier alpha value is -2.04. The van der Waals surface area contributed by atoms with Crippen LogP contribution in [-0.4, -0.2) is 41.6 Å². The van der Waals surface area contributed by atoms with Crippen LogP contribution in [-0.2, 0) is 4.79 Å². The summed E-state index contributed by atoms with van der Waals surface area (Å²) < 4.78 is 5.10. The molecule has 1 N–H and O–H groups in total. The molecule has 1 atom stereocenters. The topological polar surface area (TPSA) is 66.8 Å². The van der Waals surface area contributed by atoms with Crippen LogP contribution in [0.4, 0.5) is 0 Å². The Labute approximate surface area is 118 Å². The second-order valence-electron chi connectivity index (χ2n) is 5.21. The highest BCUT2D eigenvalue weighted by atomic mass is 16.5. The quantitative estimate of drug-likeness (QED) is 0.914. The van der Waals surface area contributed by atoms with Crippen molar-refractivity contribution < 1.29 is 19.4 Å². The zero-order chi connectivity index (χ0) is 14.5. The predicted octanol–water partition coefficient (Wildman–Crippen LogP) is 2.02. The van der Waals surface area contributed by atoms with E-state index in [1.54, 1.807) is 24.3 Å². The number of aliphatic carboxylic acids is 1. The maximum atomic E-state index is 12.4. The van der Waals surface area contributed by atoms with Crippen LogP contribution in [0.3, 0.4) is 0 Å². The lowest BCUT2D eigenvalue weighted by molar-refractivity contribution is -0.139. The molecule has 1 aromatic carbocycles. The first-order chi connectivity index (χ1) is 9.56. The molecule has 0 bridgehead atoms. The number of carbonyl (C=O) groups is 2. The van der Waals surface area contributed by atoms with E-state index in [0.717, 1.165) is 25.9 Å². The van der Waals surface area contributed by atoms with Crippen molar-refractivity contribution in [3.05, 3.63) is 29.8 Å². The Morgan fingerprint density at radius 2 is 2.25 bits per heavy atom. The minimum atomic E-state index is -1.04. The molecule has 20 heavy (non-hydrogen) atoms. The monoisotopic (exact) mass is 277 g/mol. The molecular weight excluding hydrogens is 258 g/mol. The summed E-state index contributed by atoms with van der Waals surface area (Å²) in [4.78, 5) is 24.7. The number of rotatable bonds is 4. The molecule has 5 heteroatoms. The fourth-order valence-corrected chi connectivity index (χ4v) is 2.42. The first kappa shape index (κ1) is 14.4. The number of benzene rings is 1. The van der Waals surface area contributed by atoms with Gasteiger partial charge in [-0.1, -0.05) is 13.0 Å². The van der Waals surface area contributed by atoms with Gasteiger partial charge >= 0.3 is 5.97 Å². The number of hydrogen-bond acceptors (Lipinski definition) is 3. The molecule has 0 radical (unpaired) electrons. The Kier molecular flexibility index (Phi) is 4.61. The lowest BCUT2D eigenvalue weighted by Crippen LogP contribution is -2.39. The van der Waals surface area contributed by atoms with Crippen LogP contribution in [0.5, 0.6) is 5.75 Å². The molecule has 1 unspecified atom stereocenters. The SMILES string of the molecule is CC1CCCN(C(=O)c2cccc(OCC(=O)O)c2)C1. The summed E-state index contributed by atoms with van der Waals surface area (Å²) in [6.45, 7) is 3.30. The standard InChI is InChI=1S/C15H19NO4/c1-11-4-3-7-16(9-11)15(19)12-5-2-6-13(8-12)20-10-14(17)18/h2,5-6,8,11H,3-4,7,9-10H2,1H3,(H,17,18). The molecule has 0 aliphatic carbocycles. The number of piperidine rings is 1. The summed E-state index contributed by atoms with van der Waals surface area (Å²) in [5.74, 6) is -0.119. The molecule has 1 aliphatic rings. The predicted molar refractivity (Wildman–Crippen MR) is 73.9 cm³/mol. The van der Waals surface area contributed by atoms with Crippen LogP contribution in [0.2, 0.25) is 0 Å². The van der Waals surface area contributed by atoms with E-state index in [4.69, 9.17) is 9.84 Å². The summed E-state index contributed by atoms with van der Waals surface area (Å²) in [5.41, 5.74) is 0.544. The molecule has 2 rings (SSSR count). The van der Waals surface area contributed by atoms with Gasteiger partial charge in [-0.25, -0.2) is 4.79 Å². The average molecular weight is 277 g/mol. The fraction of sp³-hybridized carbons (Fsp3) is 0.467. The second kappa shape index (κ2) is 6.41. The van der Waals surface area contributed by atoms with Crippen molar-refractivity contribution in [1.82, 2.24) is 4.90 Å². The van der Waals surface area contributed by atoms with Crippen molar-refractivity contribution in [3.8, 4) is 5.75 Å². The fourth-order valence-electron chi connectivity index (χ4n) is 2.42. The molecule has 5 nitrogen and oxygen atoms in total. The zero-order valence-electron chi connectivity index (χ0n) is 11.5. The lowest BCUT2D eigenvalue weighted by atomic mass is 9.99. The number of likely N-dealkylation sites (tertiary alicyclic amines) is 1. The average Bonchev–Trinajstić information content (AvgIpc) is 2.44. The number of carboxylic acids is 1. The number of carboxylic acid groups (broad SMARTS) is 1. The molecule has 1 aromatic rings. The van der Waals surface area contributed by atoms with Gasteiger partial charge in [-0.3, -0.25) is 4.79 Å². The first-order valence-electron chi connectivity index (χ1n) is 6.80. The molecular formula is C15H19NO4. The van der Waals surface area contributed by atoms with Crippen molar-refractivity contribution in [2.24, 2.45) is 5.92 Å². The van der Waals surface area contributed by atoms with Crippen LogP contribution in [0.25, 0.3) is 0 Å². The van der Waals surface area contributed by atoms with Crippen LogP contribution in [0.15, 0.2) is 24.3 Å². The van der Waals surface area contributed by atoms with E-state index in [2.05, 4.69) is 6.92 Å². The highest BCUT2D eigenvalue weighted by Crippen LogP contribution is 2.20. The van der Waals surface area contributed by atoms with Crippen LogP contribution < -0.4 is 4.74 Å². The maximum absolute atomic E-state index is 12.4. The molecule has 1 aliphatic heterocycles. The van der Waals surface area contributed by atoms with Crippen molar-refractivity contribution in [3.63, 3.8) is 0 Å². The Morgan fingerprint density at radius 1 is 1.45 bits per heavy atom. The minimum absolute atomic E-state index is 0.0164. The summed E-state index contributed by atoms with van der Waals surface area (Å²) in [6, 6.07) is 6.69. The normalized spacial score (nSPS) is 18.6. The van der Waals surface area contributed by atoms with E-state index in [1.165, 1.54) is 0 Å². The molecule has 0 aromatic heterocycles. The molecule has 0 spiro atoms. The van der Waals surface area contributed by atoms with E-state index in [1.807, 2.05) is 4.90 Å². The van der Waals surface area contributed by atoms with Crippen molar-refractivity contribution in [2.75, 3.05) is 19.7 Å². The van der Waals surface area contributed by atoms with Crippen molar-refractivity contribution in [1.29, 1.82) is 0 Å². The third-order valence-electron chi connectivity index (χ3n) is 3.39. The van der Waals surface area contributed by atoms with Gasteiger partial charge in [0.1, 0.15) is 5.75 Å². The summed E-state index contributed by atoms with van der Waals surface area (Å²) in [6.07, 6.45) is 2.19. The largest absolute Gasteiger partial charge is 0.482 e. The molecule has 1 saturated heterocycles. The molecule has 1 fully saturated rings. The van der Waals surface area contributed by atoms with Crippen LogP contribution in [0.1, 0.15) is 30.1 Å². The maximum Gasteiger partial charge on any atom is 0.341 e. The van der Waals surface area contributed by atoms with E-state index in [0.29, 0.717) is 17.2 Å². The van der Waals surface area contributed by atoms with Gasteiger partial charge in [-0.15, -0.1) is 0 Å². The lowest BCUT2D eigenvalue weighted by Gasteiger charge is -2.31. The summed E-state index contributed by atoms with van der Waals surface area (Å²) in [7, 11) is 0. The number of amides is 1. The highest BCUT2D eigenvalue weighted by Gasteiger charge is 2.22. The van der Waals surface area contributed by atoms with Crippen LogP contribution in [0, 0.1) is 5.92 Å². The number of ether oxygens (including phenoxy) is 1. The van der Waals surface area contributed by atoms with E-state index in [9.17, 15) is 9.59 Å². The summed E-state index contributed by atoms with van der Waals surface area (Å²) in [5, 5.41) is 8.59. The summed E-state index contributed by atoms with van der Waals surface area (Å²) >= 11 is 0. The first-order valence-corrected chi connectivity index (χ1v) is 6.80. The number of carbonyl (C=O) groups excluding carboxylic acids is 1. The van der Waals surface area contributed by atoms with E-state index in [-0.39, 0.29) is 5.91 Å². The van der Waals surface area contributed by atoms with E-state index >= 15 is 0 Å². The smallest absolute Gasteiger partial charge is 0.341 e. The zero-order valence-corrected chi connectivity index (χ0v) is 11.5. The van der Waals surface area contributed by atoms with Gasteiger partial charge in [0.15, 0.2) is 6.61 Å². The van der Waals surface area contributed by atoms with Crippen LogP contribution >= 0.6 is 0 Å². The molecule has 1 heterocycles. The molecule has 1 amide bonds. The Morgan fingerprint density at radius 3 is 2.95 bits per heavy atom. The van der Waals surface area contributed by atoms with Gasteiger partial charge < -0.3 is 14.7 Å². The van der Waals surface area contributed by atoms with Gasteiger partial charge in [0.25, 0.3) is 5.91 Å². The third-order valence-corrected chi connectivity index (χ3v) is 3.39. The second-order valence-corrected chi connectivity index (χ2v) is 5.21.